The summed E-state index contributed by atoms with van der Waals surface area (Å²) in [5.41, 5.74) is 3.51. The standard InChI is InChI=1S/C22H27N/c1-23(2)21-8-7-20(18-5-3-4-6-19(18)21)22-12-15-9-16(13-22)11-17(10-15)14-22/h3-8,15-17H,9-14H2,1-2H3. The highest BCUT2D eigenvalue weighted by atomic mass is 15.1. The molecule has 0 radical (unpaired) electrons. The van der Waals surface area contributed by atoms with Crippen molar-refractivity contribution in [3.8, 4) is 0 Å². The highest BCUT2D eigenvalue weighted by molar-refractivity contribution is 5.97. The number of hydrogen-bond acceptors (Lipinski definition) is 1. The van der Waals surface area contributed by atoms with Crippen molar-refractivity contribution in [2.45, 2.75) is 43.9 Å². The Hall–Kier alpha value is -1.50. The van der Waals surface area contributed by atoms with Crippen molar-refractivity contribution < 1.29 is 0 Å². The average molecular weight is 305 g/mol. The van der Waals surface area contributed by atoms with Crippen LogP contribution < -0.4 is 4.90 Å². The van der Waals surface area contributed by atoms with Crippen molar-refractivity contribution in [1.29, 1.82) is 0 Å². The molecule has 0 spiro atoms. The maximum absolute atomic E-state index is 2.48. The zero-order valence-corrected chi connectivity index (χ0v) is 14.4. The zero-order valence-electron chi connectivity index (χ0n) is 14.4. The second-order valence-electron chi connectivity index (χ2n) is 8.77. The predicted octanol–water partition coefficient (Wildman–Crippen LogP) is 5.37. The molecule has 0 unspecified atom stereocenters. The van der Waals surface area contributed by atoms with E-state index in [-0.39, 0.29) is 0 Å². The van der Waals surface area contributed by atoms with Gasteiger partial charge in [-0.15, -0.1) is 0 Å². The lowest BCUT2D eigenvalue weighted by Crippen LogP contribution is -2.48. The summed E-state index contributed by atoms with van der Waals surface area (Å²) in [5.74, 6) is 3.02. The van der Waals surface area contributed by atoms with Crippen LogP contribution in [0.1, 0.15) is 44.1 Å². The summed E-state index contributed by atoms with van der Waals surface area (Å²) >= 11 is 0. The number of hydrogen-bond donors (Lipinski definition) is 0. The molecule has 0 saturated heterocycles. The second-order valence-corrected chi connectivity index (χ2v) is 8.77. The number of benzene rings is 2. The molecular weight excluding hydrogens is 278 g/mol. The van der Waals surface area contributed by atoms with E-state index in [1.165, 1.54) is 55.0 Å². The molecule has 0 amide bonds. The topological polar surface area (TPSA) is 3.24 Å². The molecule has 4 aliphatic carbocycles. The molecule has 120 valence electrons. The third-order valence-corrected chi connectivity index (χ3v) is 6.99. The van der Waals surface area contributed by atoms with Gasteiger partial charge in [-0.05, 0) is 78.7 Å². The van der Waals surface area contributed by atoms with Gasteiger partial charge < -0.3 is 4.90 Å². The predicted molar refractivity (Wildman–Crippen MR) is 98.1 cm³/mol. The Morgan fingerprint density at radius 1 is 0.783 bits per heavy atom. The van der Waals surface area contributed by atoms with E-state index < -0.39 is 0 Å². The summed E-state index contributed by atoms with van der Waals surface area (Å²) < 4.78 is 0. The van der Waals surface area contributed by atoms with Gasteiger partial charge in [0.05, 0.1) is 0 Å². The van der Waals surface area contributed by atoms with Crippen LogP contribution in [0.3, 0.4) is 0 Å². The molecule has 2 aromatic carbocycles. The SMILES string of the molecule is CN(C)c1ccc(C23CC4CC(CC(C4)C2)C3)c2ccccc12. The van der Waals surface area contributed by atoms with Crippen LogP contribution in [0.2, 0.25) is 0 Å². The van der Waals surface area contributed by atoms with E-state index in [1.807, 2.05) is 0 Å². The summed E-state index contributed by atoms with van der Waals surface area (Å²) in [7, 11) is 4.32. The molecule has 1 nitrogen and oxygen atoms in total. The highest BCUT2D eigenvalue weighted by Crippen LogP contribution is 2.61. The van der Waals surface area contributed by atoms with Gasteiger partial charge in [0.25, 0.3) is 0 Å². The normalized spacial score (nSPS) is 35.0. The van der Waals surface area contributed by atoms with Gasteiger partial charge in [-0.2, -0.15) is 0 Å². The summed E-state index contributed by atoms with van der Waals surface area (Å²) in [6.07, 6.45) is 8.91. The molecule has 0 atom stereocenters. The number of nitrogens with zero attached hydrogens (tertiary/aromatic N) is 1. The molecule has 6 rings (SSSR count). The Bertz CT molecular complexity index is 722. The first-order chi connectivity index (χ1) is 11.1. The Balaban J connectivity index is 1.71. The van der Waals surface area contributed by atoms with Crippen LogP contribution in [0.15, 0.2) is 36.4 Å². The fourth-order valence-corrected chi connectivity index (χ4v) is 6.58. The Labute approximate surface area is 139 Å². The minimum absolute atomic E-state index is 0.485. The lowest BCUT2D eigenvalue weighted by atomic mass is 9.47. The first kappa shape index (κ1) is 13.9. The van der Waals surface area contributed by atoms with Crippen LogP contribution in [0.4, 0.5) is 5.69 Å². The second kappa shape index (κ2) is 4.75. The van der Waals surface area contributed by atoms with E-state index in [9.17, 15) is 0 Å². The van der Waals surface area contributed by atoms with Crippen LogP contribution in [0.25, 0.3) is 10.8 Å². The summed E-state index contributed by atoms with van der Waals surface area (Å²) in [5, 5.41) is 2.95. The highest BCUT2D eigenvalue weighted by Gasteiger charge is 2.51. The minimum Gasteiger partial charge on any atom is -0.377 e. The first-order valence-electron chi connectivity index (χ1n) is 9.34. The van der Waals surface area contributed by atoms with E-state index in [1.54, 1.807) is 5.56 Å². The van der Waals surface area contributed by atoms with Crippen molar-refractivity contribution in [2.24, 2.45) is 17.8 Å². The van der Waals surface area contributed by atoms with Gasteiger partial charge in [0.15, 0.2) is 0 Å². The van der Waals surface area contributed by atoms with Gasteiger partial charge >= 0.3 is 0 Å². The first-order valence-corrected chi connectivity index (χ1v) is 9.34. The van der Waals surface area contributed by atoms with Crippen molar-refractivity contribution in [2.75, 3.05) is 19.0 Å². The Morgan fingerprint density at radius 2 is 1.35 bits per heavy atom. The van der Waals surface area contributed by atoms with Gasteiger partial charge in [-0.3, -0.25) is 0 Å². The molecule has 0 heterocycles. The average Bonchev–Trinajstić information content (AvgIpc) is 2.52. The van der Waals surface area contributed by atoms with E-state index in [0.29, 0.717) is 5.41 Å². The summed E-state index contributed by atoms with van der Waals surface area (Å²) in [6, 6.07) is 14.0. The van der Waals surface area contributed by atoms with Gasteiger partial charge in [0.2, 0.25) is 0 Å². The minimum atomic E-state index is 0.485. The Morgan fingerprint density at radius 3 is 1.91 bits per heavy atom. The fraction of sp³-hybridized carbons (Fsp3) is 0.545. The molecule has 4 fully saturated rings. The van der Waals surface area contributed by atoms with Gasteiger partial charge in [-0.25, -0.2) is 0 Å². The third-order valence-electron chi connectivity index (χ3n) is 6.99. The van der Waals surface area contributed by atoms with Crippen molar-refractivity contribution in [1.82, 2.24) is 0 Å². The molecule has 2 aromatic rings. The molecule has 4 saturated carbocycles. The Kier molecular flexibility index (Phi) is 2.87. The van der Waals surface area contributed by atoms with Crippen molar-refractivity contribution >= 4 is 16.5 Å². The molecule has 1 heteroatoms. The molecular formula is C22H27N. The number of anilines is 1. The molecule has 0 N–H and O–H groups in total. The van der Waals surface area contributed by atoms with E-state index in [2.05, 4.69) is 55.4 Å². The van der Waals surface area contributed by atoms with Gasteiger partial charge in [0, 0.05) is 25.2 Å². The smallest absolute Gasteiger partial charge is 0.0440 e. The fourth-order valence-electron chi connectivity index (χ4n) is 6.58. The summed E-state index contributed by atoms with van der Waals surface area (Å²) in [6.45, 7) is 0. The third kappa shape index (κ3) is 1.98. The summed E-state index contributed by atoms with van der Waals surface area (Å²) in [4.78, 5) is 2.26. The van der Waals surface area contributed by atoms with Crippen LogP contribution >= 0.6 is 0 Å². The zero-order chi connectivity index (χ0) is 15.6. The maximum Gasteiger partial charge on any atom is 0.0440 e. The lowest BCUT2D eigenvalue weighted by Gasteiger charge is -2.57. The monoisotopic (exact) mass is 305 g/mol. The number of fused-ring (bicyclic) bond motifs is 1. The van der Waals surface area contributed by atoms with Crippen LogP contribution in [0.5, 0.6) is 0 Å². The van der Waals surface area contributed by atoms with Crippen LogP contribution in [-0.2, 0) is 5.41 Å². The van der Waals surface area contributed by atoms with Gasteiger partial charge in [0.1, 0.15) is 0 Å². The molecule has 0 aromatic heterocycles. The van der Waals surface area contributed by atoms with Crippen molar-refractivity contribution in [3.05, 3.63) is 42.0 Å². The maximum atomic E-state index is 2.48. The lowest BCUT2D eigenvalue weighted by molar-refractivity contribution is -0.00449. The molecule has 23 heavy (non-hydrogen) atoms. The van der Waals surface area contributed by atoms with Crippen molar-refractivity contribution in [3.63, 3.8) is 0 Å². The van der Waals surface area contributed by atoms with Crippen LogP contribution in [0, 0.1) is 17.8 Å². The molecule has 0 aliphatic heterocycles. The van der Waals surface area contributed by atoms with E-state index in [4.69, 9.17) is 0 Å². The molecule has 4 bridgehead atoms. The number of rotatable bonds is 2. The largest absolute Gasteiger partial charge is 0.377 e. The quantitative estimate of drug-likeness (QED) is 0.720. The van der Waals surface area contributed by atoms with E-state index in [0.717, 1.165) is 17.8 Å². The van der Waals surface area contributed by atoms with Crippen LogP contribution in [-0.4, -0.2) is 14.1 Å². The molecule has 4 aliphatic rings. The van der Waals surface area contributed by atoms with E-state index >= 15 is 0 Å². The van der Waals surface area contributed by atoms with Gasteiger partial charge in [-0.1, -0.05) is 30.3 Å².